The molecular formula is C18H16BrN3O2. The largest absolute Gasteiger partial charge is 0.316 e. The predicted octanol–water partition coefficient (Wildman–Crippen LogP) is 3.50. The second-order valence-corrected chi connectivity index (χ2v) is 6.22. The topological polar surface area (TPSA) is 56.0 Å². The summed E-state index contributed by atoms with van der Waals surface area (Å²) in [6, 6.07) is 16.4. The van der Waals surface area contributed by atoms with Crippen molar-refractivity contribution in [2.24, 2.45) is 7.05 Å². The van der Waals surface area contributed by atoms with Crippen molar-refractivity contribution in [1.29, 1.82) is 0 Å². The summed E-state index contributed by atoms with van der Waals surface area (Å²) in [6.45, 7) is 1.80. The number of halogens is 1. The van der Waals surface area contributed by atoms with Gasteiger partial charge in [-0.15, -0.1) is 0 Å². The second kappa shape index (κ2) is 6.49. The smallest absolute Gasteiger partial charge is 0.295 e. The Kier molecular flexibility index (Phi) is 4.40. The van der Waals surface area contributed by atoms with Crippen molar-refractivity contribution < 1.29 is 4.79 Å². The van der Waals surface area contributed by atoms with E-state index >= 15 is 0 Å². The number of carbonyl (C=O) groups is 1. The van der Waals surface area contributed by atoms with Crippen molar-refractivity contribution in [2.75, 3.05) is 5.32 Å². The van der Waals surface area contributed by atoms with Crippen molar-refractivity contribution in [3.63, 3.8) is 0 Å². The molecule has 1 N–H and O–H groups in total. The summed E-state index contributed by atoms with van der Waals surface area (Å²) < 4.78 is 3.94. The van der Waals surface area contributed by atoms with Gasteiger partial charge in [0.1, 0.15) is 5.69 Å². The van der Waals surface area contributed by atoms with E-state index in [0.717, 1.165) is 5.69 Å². The number of carbonyl (C=O) groups excluding carboxylic acids is 1. The molecule has 1 heterocycles. The van der Waals surface area contributed by atoms with Gasteiger partial charge in [0, 0.05) is 11.5 Å². The van der Waals surface area contributed by atoms with E-state index < -0.39 is 0 Å². The van der Waals surface area contributed by atoms with Gasteiger partial charge >= 0.3 is 0 Å². The Balaban J connectivity index is 2.03. The van der Waals surface area contributed by atoms with Crippen molar-refractivity contribution in [3.05, 3.63) is 80.7 Å². The first-order valence-electron chi connectivity index (χ1n) is 7.40. The lowest BCUT2D eigenvalue weighted by atomic mass is 10.2. The van der Waals surface area contributed by atoms with E-state index in [1.807, 2.05) is 36.4 Å². The Morgan fingerprint density at radius 2 is 1.67 bits per heavy atom. The van der Waals surface area contributed by atoms with E-state index in [-0.39, 0.29) is 17.2 Å². The van der Waals surface area contributed by atoms with Crippen molar-refractivity contribution in [3.8, 4) is 5.69 Å². The van der Waals surface area contributed by atoms with Gasteiger partial charge < -0.3 is 5.32 Å². The average Bonchev–Trinajstić information content (AvgIpc) is 2.79. The summed E-state index contributed by atoms with van der Waals surface area (Å²) >= 11 is 3.35. The molecule has 5 nitrogen and oxygen atoms in total. The number of hydrogen-bond donors (Lipinski definition) is 1. The molecule has 24 heavy (non-hydrogen) atoms. The highest BCUT2D eigenvalue weighted by Crippen LogP contribution is 2.19. The minimum Gasteiger partial charge on any atom is -0.316 e. The quantitative estimate of drug-likeness (QED) is 0.749. The second-order valence-electron chi connectivity index (χ2n) is 5.37. The zero-order chi connectivity index (χ0) is 17.3. The maximum Gasteiger partial charge on any atom is 0.295 e. The maximum atomic E-state index is 12.8. The first-order valence-corrected chi connectivity index (χ1v) is 8.20. The van der Waals surface area contributed by atoms with Gasteiger partial charge in [-0.3, -0.25) is 14.3 Å². The number of aromatic nitrogens is 2. The highest BCUT2D eigenvalue weighted by atomic mass is 79.9. The van der Waals surface area contributed by atoms with Crippen molar-refractivity contribution >= 4 is 27.5 Å². The maximum absolute atomic E-state index is 12.8. The minimum atomic E-state index is -0.325. The number of rotatable bonds is 3. The number of hydrogen-bond acceptors (Lipinski definition) is 2. The van der Waals surface area contributed by atoms with Crippen molar-refractivity contribution in [1.82, 2.24) is 9.36 Å². The molecule has 0 aliphatic rings. The predicted molar refractivity (Wildman–Crippen MR) is 97.8 cm³/mol. The normalized spacial score (nSPS) is 10.6. The zero-order valence-electron chi connectivity index (χ0n) is 13.3. The van der Waals surface area contributed by atoms with E-state index in [4.69, 9.17) is 0 Å². The van der Waals surface area contributed by atoms with E-state index in [2.05, 4.69) is 21.2 Å². The summed E-state index contributed by atoms with van der Waals surface area (Å²) in [7, 11) is 1.79. The van der Waals surface area contributed by atoms with Crippen LogP contribution in [0.25, 0.3) is 5.69 Å². The standard InChI is InChI=1S/C18H16BrN3O2/c1-12-16(20-17(23)14-10-6-7-11-15(14)19)18(24)22(21(12)2)13-8-4-3-5-9-13/h3-11H,1-2H3,(H,20,23). The molecule has 0 spiro atoms. The summed E-state index contributed by atoms with van der Waals surface area (Å²) in [5.41, 5.74) is 1.92. The molecule has 0 aliphatic heterocycles. The fourth-order valence-corrected chi connectivity index (χ4v) is 3.00. The molecule has 0 saturated heterocycles. The summed E-state index contributed by atoms with van der Waals surface area (Å²) in [6.07, 6.45) is 0. The molecule has 0 unspecified atom stereocenters. The monoisotopic (exact) mass is 385 g/mol. The Morgan fingerprint density at radius 1 is 1.04 bits per heavy atom. The number of anilines is 1. The molecule has 2 aromatic carbocycles. The molecular weight excluding hydrogens is 370 g/mol. The first-order chi connectivity index (χ1) is 11.5. The van der Waals surface area contributed by atoms with Crippen LogP contribution in [0.1, 0.15) is 16.1 Å². The lowest BCUT2D eigenvalue weighted by molar-refractivity contribution is 0.102. The highest BCUT2D eigenvalue weighted by molar-refractivity contribution is 9.10. The van der Waals surface area contributed by atoms with Gasteiger partial charge in [-0.2, -0.15) is 0 Å². The van der Waals surface area contributed by atoms with Crippen LogP contribution < -0.4 is 10.9 Å². The van der Waals surface area contributed by atoms with Gasteiger partial charge in [0.15, 0.2) is 0 Å². The Bertz CT molecular complexity index is 958. The minimum absolute atomic E-state index is 0.262. The molecule has 0 fully saturated rings. The Hall–Kier alpha value is -2.60. The van der Waals surface area contributed by atoms with Gasteiger partial charge in [-0.05, 0) is 47.1 Å². The third-order valence-electron chi connectivity index (χ3n) is 3.91. The van der Waals surface area contributed by atoms with Crippen LogP contribution >= 0.6 is 15.9 Å². The van der Waals surface area contributed by atoms with Crippen LogP contribution in [0.4, 0.5) is 5.69 Å². The molecule has 3 rings (SSSR count). The molecule has 0 aliphatic carbocycles. The summed E-state index contributed by atoms with van der Waals surface area (Å²) in [5, 5.41) is 2.74. The van der Waals surface area contributed by atoms with Gasteiger partial charge in [0.05, 0.1) is 16.9 Å². The van der Waals surface area contributed by atoms with Gasteiger partial charge in [0.25, 0.3) is 11.5 Å². The lowest BCUT2D eigenvalue weighted by Gasteiger charge is -2.07. The van der Waals surface area contributed by atoms with E-state index in [1.165, 1.54) is 4.68 Å². The third kappa shape index (κ3) is 2.80. The van der Waals surface area contributed by atoms with Crippen LogP contribution in [0, 0.1) is 6.92 Å². The molecule has 6 heteroatoms. The molecule has 0 radical (unpaired) electrons. The van der Waals surface area contributed by atoms with Gasteiger partial charge in [-0.1, -0.05) is 30.3 Å². The molecule has 0 saturated carbocycles. The third-order valence-corrected chi connectivity index (χ3v) is 4.60. The SMILES string of the molecule is Cc1c(NC(=O)c2ccccc2Br)c(=O)n(-c2ccccc2)n1C. The van der Waals surface area contributed by atoms with Crippen LogP contribution in [0.3, 0.4) is 0 Å². The number of amides is 1. The number of para-hydroxylation sites is 1. The van der Waals surface area contributed by atoms with Crippen LogP contribution in [-0.2, 0) is 7.05 Å². The van der Waals surface area contributed by atoms with Crippen LogP contribution in [0.15, 0.2) is 63.9 Å². The molecule has 122 valence electrons. The Morgan fingerprint density at radius 3 is 2.33 bits per heavy atom. The van der Waals surface area contributed by atoms with Crippen LogP contribution in [-0.4, -0.2) is 15.3 Å². The fraction of sp³-hybridized carbons (Fsp3) is 0.111. The van der Waals surface area contributed by atoms with E-state index in [9.17, 15) is 9.59 Å². The van der Waals surface area contributed by atoms with Crippen LogP contribution in [0.2, 0.25) is 0 Å². The van der Waals surface area contributed by atoms with Gasteiger partial charge in [0.2, 0.25) is 0 Å². The summed E-state index contributed by atoms with van der Waals surface area (Å²) in [4.78, 5) is 25.3. The van der Waals surface area contributed by atoms with E-state index in [0.29, 0.717) is 15.7 Å². The highest BCUT2D eigenvalue weighted by Gasteiger charge is 2.19. The molecule has 0 bridgehead atoms. The van der Waals surface area contributed by atoms with Crippen LogP contribution in [0.5, 0.6) is 0 Å². The molecule has 3 aromatic rings. The van der Waals surface area contributed by atoms with Crippen molar-refractivity contribution in [2.45, 2.75) is 6.92 Å². The van der Waals surface area contributed by atoms with Gasteiger partial charge in [-0.25, -0.2) is 4.68 Å². The Labute approximate surface area is 147 Å². The number of nitrogens with one attached hydrogen (secondary N) is 1. The fourth-order valence-electron chi connectivity index (χ4n) is 2.54. The number of nitrogens with zero attached hydrogens (tertiary/aromatic N) is 2. The first kappa shape index (κ1) is 16.3. The molecule has 1 amide bonds. The lowest BCUT2D eigenvalue weighted by Crippen LogP contribution is -2.23. The molecule has 1 aromatic heterocycles. The number of benzene rings is 2. The average molecular weight is 386 g/mol. The zero-order valence-corrected chi connectivity index (χ0v) is 14.9. The van der Waals surface area contributed by atoms with E-state index in [1.54, 1.807) is 36.9 Å². The summed E-state index contributed by atoms with van der Waals surface area (Å²) in [5.74, 6) is -0.325. The molecule has 0 atom stereocenters.